The molecule has 0 amide bonds. The number of rotatable bonds is 3. The molecule has 0 atom stereocenters. The van der Waals surface area contributed by atoms with Gasteiger partial charge in [0.2, 0.25) is 0 Å². The third-order valence-electron chi connectivity index (χ3n) is 3.36. The Morgan fingerprint density at radius 1 is 1.26 bits per heavy atom. The van der Waals surface area contributed by atoms with E-state index in [2.05, 4.69) is 10.1 Å². The molecule has 0 radical (unpaired) electrons. The van der Waals surface area contributed by atoms with Crippen LogP contribution in [0.1, 0.15) is 5.56 Å². The number of sulfonamides is 1. The molecule has 0 unspecified atom stereocenters. The van der Waals surface area contributed by atoms with Gasteiger partial charge in [-0.05, 0) is 30.2 Å². The molecule has 7 heteroatoms. The number of ether oxygens (including phenoxy) is 1. The number of nitrogens with zero attached hydrogens (tertiary/aromatic N) is 1. The zero-order chi connectivity index (χ0) is 13.3. The molecule has 0 saturated carbocycles. The van der Waals surface area contributed by atoms with Crippen molar-refractivity contribution in [1.29, 1.82) is 0 Å². The standard InChI is InChI=1S/C12H17N3O3S/c16-19(17,14-15-5-7-18-8-6-15)11-1-2-12-10(9-11)3-4-13-12/h1-2,9,13-14H,3-8H2. The van der Waals surface area contributed by atoms with Crippen LogP contribution in [0.25, 0.3) is 0 Å². The summed E-state index contributed by atoms with van der Waals surface area (Å²) in [7, 11) is -3.49. The minimum Gasteiger partial charge on any atom is -0.384 e. The van der Waals surface area contributed by atoms with Crippen LogP contribution in [-0.2, 0) is 21.2 Å². The molecule has 0 bridgehead atoms. The molecule has 19 heavy (non-hydrogen) atoms. The van der Waals surface area contributed by atoms with Crippen molar-refractivity contribution in [2.24, 2.45) is 0 Å². The first kappa shape index (κ1) is 12.9. The van der Waals surface area contributed by atoms with Crippen molar-refractivity contribution >= 4 is 15.7 Å². The maximum Gasteiger partial charge on any atom is 0.253 e. The van der Waals surface area contributed by atoms with Gasteiger partial charge in [0.05, 0.1) is 18.1 Å². The second-order valence-electron chi connectivity index (χ2n) is 4.69. The lowest BCUT2D eigenvalue weighted by atomic mass is 10.2. The number of anilines is 1. The predicted octanol–water partition coefficient (Wildman–Crippen LogP) is 0.180. The van der Waals surface area contributed by atoms with Crippen molar-refractivity contribution in [1.82, 2.24) is 9.84 Å². The van der Waals surface area contributed by atoms with Gasteiger partial charge in [0, 0.05) is 25.3 Å². The van der Waals surface area contributed by atoms with Crippen molar-refractivity contribution < 1.29 is 13.2 Å². The highest BCUT2D eigenvalue weighted by molar-refractivity contribution is 7.89. The number of nitrogens with one attached hydrogen (secondary N) is 2. The van der Waals surface area contributed by atoms with Crippen LogP contribution in [0, 0.1) is 0 Å². The van der Waals surface area contributed by atoms with E-state index in [4.69, 9.17) is 4.74 Å². The Bertz CT molecular complexity index is 568. The van der Waals surface area contributed by atoms with Crippen LogP contribution < -0.4 is 10.1 Å². The van der Waals surface area contributed by atoms with Gasteiger partial charge in [-0.3, -0.25) is 0 Å². The molecule has 0 aliphatic carbocycles. The van der Waals surface area contributed by atoms with Crippen molar-refractivity contribution in [2.75, 3.05) is 38.2 Å². The quantitative estimate of drug-likeness (QED) is 0.828. The summed E-state index contributed by atoms with van der Waals surface area (Å²) in [5, 5.41) is 4.90. The highest BCUT2D eigenvalue weighted by atomic mass is 32.2. The summed E-state index contributed by atoms with van der Waals surface area (Å²) in [6.45, 7) is 3.13. The van der Waals surface area contributed by atoms with Crippen LogP contribution in [0.5, 0.6) is 0 Å². The normalized spacial score (nSPS) is 20.0. The van der Waals surface area contributed by atoms with E-state index in [1.807, 2.05) is 6.07 Å². The van der Waals surface area contributed by atoms with Gasteiger partial charge < -0.3 is 10.1 Å². The molecule has 2 N–H and O–H groups in total. The van der Waals surface area contributed by atoms with Crippen LogP contribution in [0.3, 0.4) is 0 Å². The Kier molecular flexibility index (Phi) is 3.44. The Morgan fingerprint density at radius 3 is 2.84 bits per heavy atom. The van der Waals surface area contributed by atoms with Gasteiger partial charge in [0.15, 0.2) is 0 Å². The molecule has 0 spiro atoms. The molecule has 1 saturated heterocycles. The zero-order valence-electron chi connectivity index (χ0n) is 10.6. The Labute approximate surface area is 112 Å². The lowest BCUT2D eigenvalue weighted by Crippen LogP contribution is -2.48. The average molecular weight is 283 g/mol. The number of benzene rings is 1. The van der Waals surface area contributed by atoms with Crippen LogP contribution >= 0.6 is 0 Å². The summed E-state index contributed by atoms with van der Waals surface area (Å²) < 4.78 is 29.8. The fourth-order valence-corrected chi connectivity index (χ4v) is 3.50. The minimum absolute atomic E-state index is 0.321. The minimum atomic E-state index is -3.49. The van der Waals surface area contributed by atoms with Crippen molar-refractivity contribution in [3.05, 3.63) is 23.8 Å². The molecular formula is C12H17N3O3S. The maximum absolute atomic E-state index is 12.3. The number of morpholine rings is 1. The van der Waals surface area contributed by atoms with E-state index >= 15 is 0 Å². The van der Waals surface area contributed by atoms with Crippen LogP contribution in [-0.4, -0.2) is 46.3 Å². The highest BCUT2D eigenvalue weighted by Crippen LogP contribution is 2.25. The lowest BCUT2D eigenvalue weighted by molar-refractivity contribution is 0.0272. The Hall–Kier alpha value is -1.15. The van der Waals surface area contributed by atoms with Crippen LogP contribution in [0.15, 0.2) is 23.1 Å². The molecule has 6 nitrogen and oxygen atoms in total. The third-order valence-corrected chi connectivity index (χ3v) is 4.73. The monoisotopic (exact) mass is 283 g/mol. The van der Waals surface area contributed by atoms with E-state index in [0.717, 1.165) is 24.2 Å². The summed E-state index contributed by atoms with van der Waals surface area (Å²) in [5.41, 5.74) is 2.09. The fraction of sp³-hybridized carbons (Fsp3) is 0.500. The number of hydrogen-bond donors (Lipinski definition) is 2. The number of fused-ring (bicyclic) bond motifs is 1. The molecule has 1 fully saturated rings. The van der Waals surface area contributed by atoms with Gasteiger partial charge in [-0.2, -0.15) is 0 Å². The average Bonchev–Trinajstić information content (AvgIpc) is 2.86. The topological polar surface area (TPSA) is 70.7 Å². The van der Waals surface area contributed by atoms with Crippen molar-refractivity contribution in [2.45, 2.75) is 11.3 Å². The van der Waals surface area contributed by atoms with E-state index in [-0.39, 0.29) is 0 Å². The first-order chi connectivity index (χ1) is 9.15. The van der Waals surface area contributed by atoms with Crippen LogP contribution in [0.4, 0.5) is 5.69 Å². The molecule has 2 aliphatic heterocycles. The molecule has 3 rings (SSSR count). The van der Waals surface area contributed by atoms with Gasteiger partial charge in [0.1, 0.15) is 0 Å². The number of hydrazine groups is 1. The molecular weight excluding hydrogens is 266 g/mol. The molecule has 1 aromatic rings. The van der Waals surface area contributed by atoms with E-state index in [0.29, 0.717) is 31.2 Å². The molecule has 2 heterocycles. The molecule has 104 valence electrons. The molecule has 2 aliphatic rings. The van der Waals surface area contributed by atoms with E-state index in [9.17, 15) is 8.42 Å². The smallest absolute Gasteiger partial charge is 0.253 e. The second-order valence-corrected chi connectivity index (χ2v) is 6.35. The summed E-state index contributed by atoms with van der Waals surface area (Å²) >= 11 is 0. The maximum atomic E-state index is 12.3. The van der Waals surface area contributed by atoms with E-state index in [1.54, 1.807) is 17.1 Å². The van der Waals surface area contributed by atoms with E-state index in [1.165, 1.54) is 0 Å². The fourth-order valence-electron chi connectivity index (χ4n) is 2.33. The third kappa shape index (κ3) is 2.74. The van der Waals surface area contributed by atoms with Gasteiger partial charge in [-0.1, -0.05) is 0 Å². The summed E-state index contributed by atoms with van der Waals surface area (Å²) in [6, 6.07) is 5.22. The highest BCUT2D eigenvalue weighted by Gasteiger charge is 2.22. The molecule has 1 aromatic carbocycles. The summed E-state index contributed by atoms with van der Waals surface area (Å²) in [5.74, 6) is 0. The Balaban J connectivity index is 1.79. The first-order valence-electron chi connectivity index (χ1n) is 6.37. The van der Waals surface area contributed by atoms with Crippen LogP contribution in [0.2, 0.25) is 0 Å². The summed E-state index contributed by atoms with van der Waals surface area (Å²) in [6.07, 6.45) is 0.871. The van der Waals surface area contributed by atoms with Gasteiger partial charge in [-0.25, -0.2) is 13.4 Å². The lowest BCUT2D eigenvalue weighted by Gasteiger charge is -2.26. The predicted molar refractivity (Wildman–Crippen MR) is 71.3 cm³/mol. The van der Waals surface area contributed by atoms with E-state index < -0.39 is 10.0 Å². The number of hydrogen-bond acceptors (Lipinski definition) is 5. The first-order valence-corrected chi connectivity index (χ1v) is 7.85. The van der Waals surface area contributed by atoms with Gasteiger partial charge >= 0.3 is 0 Å². The largest absolute Gasteiger partial charge is 0.384 e. The molecule has 0 aromatic heterocycles. The van der Waals surface area contributed by atoms with Crippen molar-refractivity contribution in [3.8, 4) is 0 Å². The van der Waals surface area contributed by atoms with Gasteiger partial charge in [0.25, 0.3) is 10.0 Å². The Morgan fingerprint density at radius 2 is 2.05 bits per heavy atom. The van der Waals surface area contributed by atoms with Crippen molar-refractivity contribution in [3.63, 3.8) is 0 Å². The summed E-state index contributed by atoms with van der Waals surface area (Å²) in [4.78, 5) is 2.93. The zero-order valence-corrected chi connectivity index (χ0v) is 11.4. The van der Waals surface area contributed by atoms with Gasteiger partial charge in [-0.15, -0.1) is 4.83 Å². The SMILES string of the molecule is O=S(=O)(NN1CCOCC1)c1ccc2c(c1)CCN2. The second kappa shape index (κ2) is 5.09.